The number of amides is 1. The van der Waals surface area contributed by atoms with Crippen molar-refractivity contribution in [2.45, 2.75) is 45.0 Å². The normalized spacial score (nSPS) is 12.5. The molecule has 1 N–H and O–H groups in total. The summed E-state index contributed by atoms with van der Waals surface area (Å²) in [5, 5.41) is 5.80. The van der Waals surface area contributed by atoms with E-state index in [2.05, 4.69) is 45.1 Å². The Hall–Kier alpha value is -2.12. The zero-order valence-corrected chi connectivity index (χ0v) is 19.3. The maximum absolute atomic E-state index is 13.1. The predicted molar refractivity (Wildman–Crippen MR) is 123 cm³/mol. The van der Waals surface area contributed by atoms with Gasteiger partial charge in [0.05, 0.1) is 10.6 Å². The van der Waals surface area contributed by atoms with Crippen LogP contribution in [0.5, 0.6) is 0 Å². The zero-order valence-electron chi connectivity index (χ0n) is 17.7. The molecular formula is C22H27N3O2S2. The lowest BCUT2D eigenvalue weighted by molar-refractivity contribution is -0.120. The topological polar surface area (TPSA) is 64.0 Å². The first kappa shape index (κ1) is 21.6. The lowest BCUT2D eigenvalue weighted by atomic mass is 10.0. The van der Waals surface area contributed by atoms with Crippen LogP contribution in [0.4, 0.5) is 0 Å². The molecule has 0 saturated carbocycles. The van der Waals surface area contributed by atoms with Gasteiger partial charge in [-0.2, -0.15) is 0 Å². The van der Waals surface area contributed by atoms with Crippen molar-refractivity contribution in [3.63, 3.8) is 0 Å². The van der Waals surface area contributed by atoms with Crippen LogP contribution >= 0.6 is 23.1 Å². The Bertz CT molecular complexity index is 1120. The molecule has 1 aromatic carbocycles. The molecule has 3 aromatic rings. The Balaban J connectivity index is 1.95. The highest BCUT2D eigenvalue weighted by Crippen LogP contribution is 2.33. The number of nitrogens with one attached hydrogen (secondary N) is 1. The third-order valence-corrected chi connectivity index (χ3v) is 6.94. The van der Waals surface area contributed by atoms with E-state index in [0.717, 1.165) is 11.1 Å². The number of carbonyl (C=O) groups is 1. The molecule has 2 heterocycles. The van der Waals surface area contributed by atoms with Crippen LogP contribution in [0.3, 0.4) is 0 Å². The molecule has 7 heteroatoms. The number of thiophene rings is 1. The monoisotopic (exact) mass is 429 g/mol. The van der Waals surface area contributed by atoms with Gasteiger partial charge in [0.15, 0.2) is 5.16 Å². The van der Waals surface area contributed by atoms with E-state index in [1.54, 1.807) is 11.6 Å². The SMILES string of the molecule is Cc1ccc(-c2csc3nc(SC(C)C(=O)NCC(C)C)n(C)c(=O)c23)cc1C. The average molecular weight is 430 g/mol. The number of hydrogen-bond donors (Lipinski definition) is 1. The molecule has 0 aliphatic carbocycles. The largest absolute Gasteiger partial charge is 0.355 e. The number of fused-ring (bicyclic) bond motifs is 1. The minimum atomic E-state index is -0.330. The molecule has 1 amide bonds. The number of hydrogen-bond acceptors (Lipinski definition) is 5. The van der Waals surface area contributed by atoms with Crippen LogP contribution in [-0.2, 0) is 11.8 Å². The van der Waals surface area contributed by atoms with Crippen molar-refractivity contribution < 1.29 is 4.79 Å². The van der Waals surface area contributed by atoms with Gasteiger partial charge < -0.3 is 5.32 Å². The van der Waals surface area contributed by atoms with Crippen LogP contribution < -0.4 is 10.9 Å². The van der Waals surface area contributed by atoms with Gasteiger partial charge in [0, 0.05) is 24.5 Å². The second-order valence-electron chi connectivity index (χ2n) is 7.79. The molecule has 2 aromatic heterocycles. The Morgan fingerprint density at radius 2 is 1.97 bits per heavy atom. The third-order valence-electron chi connectivity index (χ3n) is 4.93. The minimum absolute atomic E-state index is 0.0416. The molecule has 5 nitrogen and oxygen atoms in total. The van der Waals surface area contributed by atoms with E-state index in [4.69, 9.17) is 4.98 Å². The second kappa shape index (κ2) is 8.71. The fourth-order valence-electron chi connectivity index (χ4n) is 2.94. The zero-order chi connectivity index (χ0) is 21.3. The van der Waals surface area contributed by atoms with Crippen molar-refractivity contribution in [1.29, 1.82) is 0 Å². The van der Waals surface area contributed by atoms with Gasteiger partial charge in [-0.15, -0.1) is 11.3 Å². The number of thioether (sulfide) groups is 1. The summed E-state index contributed by atoms with van der Waals surface area (Å²) in [6.45, 7) is 10.7. The fraction of sp³-hybridized carbons (Fsp3) is 0.409. The van der Waals surface area contributed by atoms with E-state index in [1.807, 2.05) is 18.4 Å². The summed E-state index contributed by atoms with van der Waals surface area (Å²) in [7, 11) is 1.72. The van der Waals surface area contributed by atoms with Crippen LogP contribution in [0.25, 0.3) is 21.3 Å². The average Bonchev–Trinajstić information content (AvgIpc) is 3.09. The quantitative estimate of drug-likeness (QED) is 0.462. The summed E-state index contributed by atoms with van der Waals surface area (Å²) in [4.78, 5) is 30.9. The predicted octanol–water partition coefficient (Wildman–Crippen LogP) is 4.53. The molecule has 0 aliphatic heterocycles. The first-order valence-electron chi connectivity index (χ1n) is 9.69. The number of aryl methyl sites for hydroxylation is 2. The second-order valence-corrected chi connectivity index (χ2v) is 9.95. The summed E-state index contributed by atoms with van der Waals surface area (Å²) in [6.07, 6.45) is 0. The molecule has 154 valence electrons. The van der Waals surface area contributed by atoms with E-state index in [1.165, 1.54) is 34.2 Å². The van der Waals surface area contributed by atoms with E-state index < -0.39 is 0 Å². The number of aromatic nitrogens is 2. The standard InChI is InChI=1S/C22H27N3O2S2/c1-12(2)10-23-19(26)15(5)29-22-24-20-18(21(27)25(22)6)17(11-28-20)16-8-7-13(3)14(4)9-16/h7-9,11-12,15H,10H2,1-6H3,(H,23,26). The van der Waals surface area contributed by atoms with Crippen LogP contribution in [0.15, 0.2) is 33.5 Å². The molecule has 3 rings (SSSR count). The van der Waals surface area contributed by atoms with Crippen molar-refractivity contribution in [1.82, 2.24) is 14.9 Å². The number of nitrogens with zero attached hydrogens (tertiary/aromatic N) is 2. The first-order chi connectivity index (χ1) is 13.7. The van der Waals surface area contributed by atoms with Crippen LogP contribution in [0, 0.1) is 19.8 Å². The smallest absolute Gasteiger partial charge is 0.263 e. The fourth-order valence-corrected chi connectivity index (χ4v) is 4.83. The molecule has 0 radical (unpaired) electrons. The Labute approximate surface area is 179 Å². The maximum Gasteiger partial charge on any atom is 0.263 e. The van der Waals surface area contributed by atoms with Gasteiger partial charge in [-0.05, 0) is 43.4 Å². The highest BCUT2D eigenvalue weighted by atomic mass is 32.2. The van der Waals surface area contributed by atoms with E-state index in [0.29, 0.717) is 27.8 Å². The van der Waals surface area contributed by atoms with E-state index in [9.17, 15) is 9.59 Å². The first-order valence-corrected chi connectivity index (χ1v) is 11.4. The Kier molecular flexibility index (Phi) is 6.49. The van der Waals surface area contributed by atoms with Gasteiger partial charge in [-0.1, -0.05) is 43.8 Å². The molecule has 1 unspecified atom stereocenters. The molecule has 0 bridgehead atoms. The number of rotatable bonds is 6. The van der Waals surface area contributed by atoms with Gasteiger partial charge in [0.2, 0.25) is 5.91 Å². The third kappa shape index (κ3) is 4.56. The maximum atomic E-state index is 13.1. The number of carbonyl (C=O) groups excluding carboxylic acids is 1. The summed E-state index contributed by atoms with van der Waals surface area (Å²) in [6, 6.07) is 6.24. The van der Waals surface area contributed by atoms with Crippen molar-refractivity contribution in [2.24, 2.45) is 13.0 Å². The number of benzene rings is 1. The Morgan fingerprint density at radius 1 is 1.24 bits per heavy atom. The summed E-state index contributed by atoms with van der Waals surface area (Å²) in [5.74, 6) is 0.352. The van der Waals surface area contributed by atoms with Gasteiger partial charge in [0.1, 0.15) is 4.83 Å². The minimum Gasteiger partial charge on any atom is -0.355 e. The van der Waals surface area contributed by atoms with Crippen LogP contribution in [0.1, 0.15) is 31.9 Å². The van der Waals surface area contributed by atoms with Gasteiger partial charge in [-0.3, -0.25) is 14.2 Å². The molecule has 0 fully saturated rings. The van der Waals surface area contributed by atoms with Crippen LogP contribution in [-0.4, -0.2) is 27.3 Å². The van der Waals surface area contributed by atoms with Gasteiger partial charge in [-0.25, -0.2) is 4.98 Å². The molecule has 29 heavy (non-hydrogen) atoms. The van der Waals surface area contributed by atoms with E-state index >= 15 is 0 Å². The molecule has 0 spiro atoms. The van der Waals surface area contributed by atoms with Crippen molar-refractivity contribution in [3.8, 4) is 11.1 Å². The van der Waals surface area contributed by atoms with Crippen molar-refractivity contribution in [2.75, 3.05) is 6.54 Å². The lowest BCUT2D eigenvalue weighted by Gasteiger charge is -2.14. The molecule has 0 aliphatic rings. The van der Waals surface area contributed by atoms with Gasteiger partial charge >= 0.3 is 0 Å². The summed E-state index contributed by atoms with van der Waals surface area (Å²) < 4.78 is 1.55. The molecule has 0 saturated heterocycles. The molecule has 1 atom stereocenters. The molecular weight excluding hydrogens is 402 g/mol. The highest BCUT2D eigenvalue weighted by Gasteiger charge is 2.20. The van der Waals surface area contributed by atoms with Crippen molar-refractivity contribution in [3.05, 3.63) is 45.1 Å². The van der Waals surface area contributed by atoms with Crippen molar-refractivity contribution >= 4 is 39.2 Å². The Morgan fingerprint density at radius 3 is 2.62 bits per heavy atom. The van der Waals surface area contributed by atoms with Crippen LogP contribution in [0.2, 0.25) is 0 Å². The van der Waals surface area contributed by atoms with E-state index in [-0.39, 0.29) is 16.7 Å². The van der Waals surface area contributed by atoms with Gasteiger partial charge in [0.25, 0.3) is 5.56 Å². The lowest BCUT2D eigenvalue weighted by Crippen LogP contribution is -2.34. The summed E-state index contributed by atoms with van der Waals surface area (Å²) in [5.41, 5.74) is 4.28. The highest BCUT2D eigenvalue weighted by molar-refractivity contribution is 8.00. The summed E-state index contributed by atoms with van der Waals surface area (Å²) >= 11 is 2.78.